The molecule has 6 heteroatoms. The third-order valence-electron chi connectivity index (χ3n) is 5.95. The Morgan fingerprint density at radius 3 is 2.50 bits per heavy atom. The zero-order valence-electron chi connectivity index (χ0n) is 17.6. The molecular weight excluding hydrogens is 370 g/mol. The van der Waals surface area contributed by atoms with E-state index in [4.69, 9.17) is 4.98 Å². The Labute approximate surface area is 168 Å². The summed E-state index contributed by atoms with van der Waals surface area (Å²) in [5.74, 6) is 0.955. The molecule has 0 spiro atoms. The van der Waals surface area contributed by atoms with Crippen LogP contribution in [0.1, 0.15) is 58.7 Å². The molecule has 2 atom stereocenters. The van der Waals surface area contributed by atoms with Crippen molar-refractivity contribution in [2.24, 2.45) is 0 Å². The summed E-state index contributed by atoms with van der Waals surface area (Å²) in [6.45, 7) is 8.42. The van der Waals surface area contributed by atoms with Crippen LogP contribution in [-0.4, -0.2) is 34.5 Å². The minimum absolute atomic E-state index is 0.199. The summed E-state index contributed by atoms with van der Waals surface area (Å²) < 4.78 is 26.6. The molecule has 3 rings (SSSR count). The Bertz CT molecular complexity index is 1090. The fourth-order valence-electron chi connectivity index (χ4n) is 4.56. The van der Waals surface area contributed by atoms with Crippen molar-refractivity contribution in [1.29, 1.82) is 0 Å². The van der Waals surface area contributed by atoms with E-state index in [1.54, 1.807) is 0 Å². The summed E-state index contributed by atoms with van der Waals surface area (Å²) >= 11 is 0. The number of fused-ring (bicyclic) bond motifs is 3. The van der Waals surface area contributed by atoms with Gasteiger partial charge in [-0.1, -0.05) is 38.5 Å². The van der Waals surface area contributed by atoms with Gasteiger partial charge in [0.1, 0.15) is 21.2 Å². The Morgan fingerprint density at radius 1 is 1.14 bits per heavy atom. The molecule has 0 aliphatic rings. The molecule has 0 aliphatic heterocycles. The minimum Gasteiger partial charge on any atom is -0.322 e. The van der Waals surface area contributed by atoms with E-state index < -0.39 is 9.84 Å². The number of pyridine rings is 1. The maximum absolute atomic E-state index is 12.2. The molecule has 2 aromatic heterocycles. The number of hydrogen-bond acceptors (Lipinski definition) is 4. The lowest BCUT2D eigenvalue weighted by Gasteiger charge is -2.34. The Morgan fingerprint density at radius 2 is 1.86 bits per heavy atom. The third kappa shape index (κ3) is 3.79. The van der Waals surface area contributed by atoms with E-state index in [1.807, 2.05) is 38.2 Å². The number of aryl methyl sites for hydroxylation is 1. The highest BCUT2D eigenvalue weighted by Gasteiger charge is 2.32. The van der Waals surface area contributed by atoms with E-state index >= 15 is 0 Å². The number of nitrogens with zero attached hydrogens (tertiary/aromatic N) is 3. The molecule has 0 radical (unpaired) electrons. The van der Waals surface area contributed by atoms with Crippen LogP contribution < -0.4 is 0 Å². The first-order valence-electron chi connectivity index (χ1n) is 10.1. The fraction of sp³-hybridized carbons (Fsp3) is 0.545. The topological polar surface area (TPSA) is 64.8 Å². The third-order valence-corrected chi connectivity index (χ3v) is 7.73. The number of rotatable bonds is 8. The summed E-state index contributed by atoms with van der Waals surface area (Å²) in [5, 5.41) is 0.801. The van der Waals surface area contributed by atoms with Crippen molar-refractivity contribution in [3.8, 4) is 0 Å². The highest BCUT2D eigenvalue weighted by Crippen LogP contribution is 2.36. The number of aromatic nitrogens is 3. The lowest BCUT2D eigenvalue weighted by molar-refractivity contribution is 0.261. The summed E-state index contributed by atoms with van der Waals surface area (Å²) in [7, 11) is -3.04. The van der Waals surface area contributed by atoms with Gasteiger partial charge in [-0.3, -0.25) is 4.98 Å². The second kappa shape index (κ2) is 7.82. The Hall–Kier alpha value is -1.95. The van der Waals surface area contributed by atoms with Crippen molar-refractivity contribution < 1.29 is 8.42 Å². The zero-order chi connectivity index (χ0) is 20.5. The summed E-state index contributed by atoms with van der Waals surface area (Å²) in [4.78, 5) is 9.35. The van der Waals surface area contributed by atoms with Gasteiger partial charge in [0.25, 0.3) is 0 Å². The average molecular weight is 402 g/mol. The number of sulfone groups is 1. The molecule has 0 amide bonds. The molecule has 3 aromatic rings. The normalized spacial score (nSPS) is 15.8. The quantitative estimate of drug-likeness (QED) is 0.532. The lowest BCUT2D eigenvalue weighted by Crippen LogP contribution is -2.33. The van der Waals surface area contributed by atoms with E-state index in [-0.39, 0.29) is 10.8 Å². The van der Waals surface area contributed by atoms with Crippen LogP contribution in [0.4, 0.5) is 0 Å². The van der Waals surface area contributed by atoms with Gasteiger partial charge in [-0.15, -0.1) is 0 Å². The standard InChI is InChI=1S/C22H31N3O2S/c1-6-13-22(4,14-12-17(7-2)28(5,26)27)25-16(3)24-20-15-23-19-11-9-8-10-18(19)21(20)25/h8-11,15,17H,6-7,12-14H2,1-5H3. The van der Waals surface area contributed by atoms with Crippen LogP contribution in [0.3, 0.4) is 0 Å². The highest BCUT2D eigenvalue weighted by molar-refractivity contribution is 7.91. The number of para-hydroxylation sites is 1. The van der Waals surface area contributed by atoms with Gasteiger partial charge in [0.2, 0.25) is 0 Å². The SMILES string of the molecule is CCCC(C)(CCC(CC)S(C)(=O)=O)n1c(C)nc2cnc3ccccc3c21. The van der Waals surface area contributed by atoms with Crippen LogP contribution in [0, 0.1) is 6.92 Å². The molecule has 0 saturated heterocycles. The maximum atomic E-state index is 12.2. The summed E-state index contributed by atoms with van der Waals surface area (Å²) in [6, 6.07) is 8.15. The van der Waals surface area contributed by atoms with Crippen LogP contribution in [0.5, 0.6) is 0 Å². The van der Waals surface area contributed by atoms with Crippen molar-refractivity contribution in [3.63, 3.8) is 0 Å². The molecular formula is C22H31N3O2S. The first-order chi connectivity index (χ1) is 13.2. The Balaban J connectivity index is 2.15. The van der Waals surface area contributed by atoms with E-state index in [0.717, 1.165) is 47.0 Å². The molecule has 0 aliphatic carbocycles. The van der Waals surface area contributed by atoms with E-state index in [1.165, 1.54) is 6.26 Å². The average Bonchev–Trinajstić information content (AvgIpc) is 2.98. The van der Waals surface area contributed by atoms with Gasteiger partial charge in [-0.25, -0.2) is 13.4 Å². The lowest BCUT2D eigenvalue weighted by atomic mass is 9.88. The van der Waals surface area contributed by atoms with Crippen LogP contribution in [0.25, 0.3) is 21.9 Å². The van der Waals surface area contributed by atoms with Gasteiger partial charge >= 0.3 is 0 Å². The highest BCUT2D eigenvalue weighted by atomic mass is 32.2. The van der Waals surface area contributed by atoms with Gasteiger partial charge in [0.05, 0.1) is 22.5 Å². The van der Waals surface area contributed by atoms with Crippen molar-refractivity contribution in [2.75, 3.05) is 6.26 Å². The van der Waals surface area contributed by atoms with E-state index in [2.05, 4.69) is 29.5 Å². The second-order valence-corrected chi connectivity index (χ2v) is 10.5. The molecule has 0 N–H and O–H groups in total. The van der Waals surface area contributed by atoms with E-state index in [9.17, 15) is 8.42 Å². The van der Waals surface area contributed by atoms with Crippen molar-refractivity contribution in [1.82, 2.24) is 14.5 Å². The van der Waals surface area contributed by atoms with Crippen molar-refractivity contribution in [2.45, 2.75) is 70.6 Å². The summed E-state index contributed by atoms with van der Waals surface area (Å²) in [6.07, 6.45) is 7.31. The van der Waals surface area contributed by atoms with Crippen LogP contribution >= 0.6 is 0 Å². The molecule has 2 unspecified atom stereocenters. The van der Waals surface area contributed by atoms with Gasteiger partial charge in [0.15, 0.2) is 0 Å². The monoisotopic (exact) mass is 401 g/mol. The smallest absolute Gasteiger partial charge is 0.150 e. The van der Waals surface area contributed by atoms with Crippen LogP contribution in [-0.2, 0) is 15.4 Å². The maximum Gasteiger partial charge on any atom is 0.150 e. The van der Waals surface area contributed by atoms with Gasteiger partial charge in [-0.2, -0.15) is 0 Å². The van der Waals surface area contributed by atoms with Gasteiger partial charge in [0, 0.05) is 17.2 Å². The van der Waals surface area contributed by atoms with Crippen LogP contribution in [0.15, 0.2) is 30.5 Å². The number of hydrogen-bond donors (Lipinski definition) is 0. The fourth-order valence-corrected chi connectivity index (χ4v) is 5.71. The van der Waals surface area contributed by atoms with Crippen molar-refractivity contribution in [3.05, 3.63) is 36.3 Å². The van der Waals surface area contributed by atoms with E-state index in [0.29, 0.717) is 12.8 Å². The van der Waals surface area contributed by atoms with Crippen molar-refractivity contribution >= 4 is 31.8 Å². The van der Waals surface area contributed by atoms with Crippen LogP contribution in [0.2, 0.25) is 0 Å². The minimum atomic E-state index is -3.04. The molecule has 5 nitrogen and oxygen atoms in total. The Kier molecular flexibility index (Phi) is 5.80. The molecule has 0 bridgehead atoms. The molecule has 0 fully saturated rings. The molecule has 152 valence electrons. The zero-order valence-corrected chi connectivity index (χ0v) is 18.4. The molecule has 1 aromatic carbocycles. The number of imidazole rings is 1. The summed E-state index contributed by atoms with van der Waals surface area (Å²) in [5.41, 5.74) is 2.76. The van der Waals surface area contributed by atoms with Gasteiger partial charge in [-0.05, 0) is 45.6 Å². The predicted molar refractivity (Wildman–Crippen MR) is 116 cm³/mol. The predicted octanol–water partition coefficient (Wildman–Crippen LogP) is 5.01. The number of benzene rings is 1. The molecule has 28 heavy (non-hydrogen) atoms. The second-order valence-electron chi connectivity index (χ2n) is 8.15. The largest absolute Gasteiger partial charge is 0.322 e. The first kappa shape index (κ1) is 20.8. The first-order valence-corrected chi connectivity index (χ1v) is 12.1. The molecule has 2 heterocycles. The van der Waals surface area contributed by atoms with Gasteiger partial charge < -0.3 is 4.57 Å². The molecule has 0 saturated carbocycles.